The molecule has 2 aromatic carbocycles. The van der Waals surface area contributed by atoms with Crippen molar-refractivity contribution in [3.8, 4) is 11.1 Å². The maximum absolute atomic E-state index is 12.6. The number of hydrogen-bond donors (Lipinski definition) is 3. The van der Waals surface area contributed by atoms with Crippen molar-refractivity contribution >= 4 is 18.0 Å². The first-order valence-corrected chi connectivity index (χ1v) is 12.5. The molecule has 3 N–H and O–H groups in total. The van der Waals surface area contributed by atoms with Crippen molar-refractivity contribution in [1.29, 1.82) is 0 Å². The fourth-order valence-electron chi connectivity index (χ4n) is 5.46. The number of carbonyl (C=O) groups is 3. The normalized spacial score (nSPS) is 21.9. The van der Waals surface area contributed by atoms with Crippen LogP contribution in [0.5, 0.6) is 0 Å². The van der Waals surface area contributed by atoms with Gasteiger partial charge >= 0.3 is 12.1 Å². The van der Waals surface area contributed by atoms with Crippen LogP contribution >= 0.6 is 0 Å². The molecule has 0 saturated heterocycles. The van der Waals surface area contributed by atoms with Gasteiger partial charge in [0.25, 0.3) is 0 Å². The lowest BCUT2D eigenvalue weighted by Crippen LogP contribution is -2.57. The highest BCUT2D eigenvalue weighted by Gasteiger charge is 2.43. The molecule has 7 heteroatoms. The van der Waals surface area contributed by atoms with Gasteiger partial charge in [0, 0.05) is 18.4 Å². The van der Waals surface area contributed by atoms with E-state index in [9.17, 15) is 19.5 Å². The first-order valence-electron chi connectivity index (χ1n) is 12.5. The van der Waals surface area contributed by atoms with Crippen LogP contribution in [0.1, 0.15) is 69.4 Å². The van der Waals surface area contributed by atoms with E-state index in [4.69, 9.17) is 4.74 Å². The van der Waals surface area contributed by atoms with E-state index in [1.165, 1.54) is 0 Å². The summed E-state index contributed by atoms with van der Waals surface area (Å²) >= 11 is 0. The Morgan fingerprint density at radius 2 is 1.60 bits per heavy atom. The number of alkyl carbamates (subject to hydrolysis) is 1. The molecule has 0 aromatic heterocycles. The summed E-state index contributed by atoms with van der Waals surface area (Å²) in [6.45, 7) is 4.01. The molecule has 0 aliphatic heterocycles. The van der Waals surface area contributed by atoms with Gasteiger partial charge in [0.05, 0.1) is 0 Å². The van der Waals surface area contributed by atoms with Gasteiger partial charge in [-0.3, -0.25) is 4.79 Å². The summed E-state index contributed by atoms with van der Waals surface area (Å²) in [5.74, 6) is -0.902. The van der Waals surface area contributed by atoms with Crippen molar-refractivity contribution in [1.82, 2.24) is 10.6 Å². The van der Waals surface area contributed by atoms with Crippen molar-refractivity contribution < 1.29 is 24.2 Å². The Morgan fingerprint density at radius 1 is 1.03 bits per heavy atom. The number of rotatable bonds is 8. The fraction of sp³-hybridized carbons (Fsp3) is 0.464. The Kier molecular flexibility index (Phi) is 7.43. The van der Waals surface area contributed by atoms with E-state index in [1.807, 2.05) is 24.3 Å². The van der Waals surface area contributed by atoms with E-state index < -0.39 is 23.6 Å². The molecule has 35 heavy (non-hydrogen) atoms. The van der Waals surface area contributed by atoms with E-state index in [1.54, 1.807) is 6.92 Å². The Morgan fingerprint density at radius 3 is 2.14 bits per heavy atom. The summed E-state index contributed by atoms with van der Waals surface area (Å²) in [6.07, 6.45) is 2.85. The smallest absolute Gasteiger partial charge is 0.407 e. The highest BCUT2D eigenvalue weighted by Crippen LogP contribution is 2.44. The van der Waals surface area contributed by atoms with Crippen LogP contribution in [-0.2, 0) is 14.3 Å². The molecule has 7 nitrogen and oxygen atoms in total. The van der Waals surface area contributed by atoms with Gasteiger partial charge in [0.2, 0.25) is 5.91 Å². The van der Waals surface area contributed by atoms with Gasteiger partial charge in [-0.2, -0.15) is 0 Å². The van der Waals surface area contributed by atoms with Gasteiger partial charge in [-0.25, -0.2) is 9.59 Å². The van der Waals surface area contributed by atoms with Crippen molar-refractivity contribution in [2.24, 2.45) is 5.92 Å². The molecule has 186 valence electrons. The van der Waals surface area contributed by atoms with Crippen molar-refractivity contribution in [2.75, 3.05) is 6.61 Å². The SMILES string of the molecule is CCC1CCC(NC(=O)C[C@H](C)NC(=O)OCC2c3ccccc3-c3ccccc32)(C(=O)O)CC1. The largest absolute Gasteiger partial charge is 0.480 e. The number of hydrogen-bond acceptors (Lipinski definition) is 4. The van der Waals surface area contributed by atoms with E-state index in [0.29, 0.717) is 18.8 Å². The number of carboxylic acids is 1. The predicted molar refractivity (Wildman–Crippen MR) is 133 cm³/mol. The number of aliphatic carboxylic acids is 1. The van der Waals surface area contributed by atoms with Gasteiger partial charge in [0.15, 0.2) is 0 Å². The zero-order valence-electron chi connectivity index (χ0n) is 20.4. The van der Waals surface area contributed by atoms with Gasteiger partial charge in [-0.15, -0.1) is 0 Å². The summed E-state index contributed by atoms with van der Waals surface area (Å²) in [4.78, 5) is 37.1. The summed E-state index contributed by atoms with van der Waals surface area (Å²) < 4.78 is 5.55. The molecule has 2 aliphatic rings. The number of ether oxygens (including phenoxy) is 1. The lowest BCUT2D eigenvalue weighted by Gasteiger charge is -2.37. The number of fused-ring (bicyclic) bond motifs is 3. The van der Waals surface area contributed by atoms with Crippen molar-refractivity contribution in [2.45, 2.75) is 69.9 Å². The van der Waals surface area contributed by atoms with Gasteiger partial charge in [-0.1, -0.05) is 61.9 Å². The van der Waals surface area contributed by atoms with Crippen LogP contribution < -0.4 is 10.6 Å². The van der Waals surface area contributed by atoms with Gasteiger partial charge in [0.1, 0.15) is 12.1 Å². The summed E-state index contributed by atoms with van der Waals surface area (Å²) in [5.41, 5.74) is 3.35. The van der Waals surface area contributed by atoms with Crippen LogP contribution in [0, 0.1) is 5.92 Å². The first-order chi connectivity index (χ1) is 16.8. The molecule has 0 spiro atoms. The standard InChI is InChI=1S/C28H34N2O5/c1-3-19-12-14-28(15-13-19,26(32)33)30-25(31)16-18(2)29-27(34)35-17-24-22-10-6-4-8-20(22)21-9-5-7-11-23(21)24/h4-11,18-19,24H,3,12-17H2,1-2H3,(H,29,34)(H,30,31)(H,32,33)/t18-,19?,28?/m0/s1. The van der Waals surface area contributed by atoms with E-state index in [-0.39, 0.29) is 24.9 Å². The maximum Gasteiger partial charge on any atom is 0.407 e. The first kappa shape index (κ1) is 24.8. The van der Waals surface area contributed by atoms with Crippen LogP contribution in [0.25, 0.3) is 11.1 Å². The lowest BCUT2D eigenvalue weighted by molar-refractivity contribution is -0.149. The monoisotopic (exact) mass is 478 g/mol. The second-order valence-electron chi connectivity index (χ2n) is 9.86. The second-order valence-corrected chi connectivity index (χ2v) is 9.86. The van der Waals surface area contributed by atoms with E-state index in [2.05, 4.69) is 41.8 Å². The Labute approximate surface area is 206 Å². The minimum absolute atomic E-state index is 0.0174. The molecule has 0 heterocycles. The zero-order chi connectivity index (χ0) is 25.0. The zero-order valence-corrected chi connectivity index (χ0v) is 20.4. The third-order valence-electron chi connectivity index (χ3n) is 7.52. The molecule has 0 radical (unpaired) electrons. The molecular weight excluding hydrogens is 444 g/mol. The molecule has 1 fully saturated rings. The van der Waals surface area contributed by atoms with Gasteiger partial charge in [-0.05, 0) is 60.8 Å². The molecule has 1 saturated carbocycles. The van der Waals surface area contributed by atoms with Crippen LogP contribution in [0.3, 0.4) is 0 Å². The fourth-order valence-corrected chi connectivity index (χ4v) is 5.46. The maximum atomic E-state index is 12.6. The van der Waals surface area contributed by atoms with Crippen LogP contribution in [0.15, 0.2) is 48.5 Å². The molecule has 0 unspecified atom stereocenters. The highest BCUT2D eigenvalue weighted by atomic mass is 16.5. The molecule has 2 aromatic rings. The van der Waals surface area contributed by atoms with Crippen LogP contribution in [0.4, 0.5) is 4.79 Å². The average molecular weight is 479 g/mol. The molecule has 2 amide bonds. The lowest BCUT2D eigenvalue weighted by atomic mass is 9.75. The Hall–Kier alpha value is -3.35. The predicted octanol–water partition coefficient (Wildman–Crippen LogP) is 4.84. The Balaban J connectivity index is 1.29. The third-order valence-corrected chi connectivity index (χ3v) is 7.52. The number of amides is 2. The van der Waals surface area contributed by atoms with E-state index in [0.717, 1.165) is 41.5 Å². The second kappa shape index (κ2) is 10.5. The highest BCUT2D eigenvalue weighted by molar-refractivity contribution is 5.87. The molecule has 1 atom stereocenters. The third kappa shape index (κ3) is 5.34. The molecule has 4 rings (SSSR count). The molecule has 0 bridgehead atoms. The topological polar surface area (TPSA) is 105 Å². The number of carbonyl (C=O) groups excluding carboxylic acids is 2. The van der Waals surface area contributed by atoms with Crippen molar-refractivity contribution in [3.63, 3.8) is 0 Å². The van der Waals surface area contributed by atoms with Crippen LogP contribution in [-0.4, -0.2) is 41.3 Å². The summed E-state index contributed by atoms with van der Waals surface area (Å²) in [6, 6.07) is 15.7. The average Bonchev–Trinajstić information content (AvgIpc) is 3.16. The van der Waals surface area contributed by atoms with Gasteiger partial charge < -0.3 is 20.5 Å². The van der Waals surface area contributed by atoms with Crippen LogP contribution in [0.2, 0.25) is 0 Å². The Bertz CT molecular complexity index is 1040. The summed E-state index contributed by atoms with van der Waals surface area (Å²) in [7, 11) is 0. The number of nitrogens with one attached hydrogen (secondary N) is 2. The number of benzene rings is 2. The van der Waals surface area contributed by atoms with Crippen molar-refractivity contribution in [3.05, 3.63) is 59.7 Å². The summed E-state index contributed by atoms with van der Waals surface area (Å²) in [5, 5.41) is 15.2. The molecule has 2 aliphatic carbocycles. The quantitative estimate of drug-likeness (QED) is 0.503. The minimum Gasteiger partial charge on any atom is -0.480 e. The van der Waals surface area contributed by atoms with E-state index >= 15 is 0 Å². The molecular formula is C28H34N2O5. The minimum atomic E-state index is -1.22. The number of carboxylic acid groups (broad SMARTS) is 1.